The van der Waals surface area contributed by atoms with Crippen molar-refractivity contribution >= 4 is 11.8 Å². The average Bonchev–Trinajstić information content (AvgIpc) is 2.18. The highest BCUT2D eigenvalue weighted by Crippen LogP contribution is 2.27. The van der Waals surface area contributed by atoms with Crippen LogP contribution in [-0.4, -0.2) is 13.2 Å². The summed E-state index contributed by atoms with van der Waals surface area (Å²) < 4.78 is 5.02. The molecule has 0 amide bonds. The maximum Gasteiger partial charge on any atom is 0.240 e. The summed E-state index contributed by atoms with van der Waals surface area (Å²) in [4.78, 5) is 13.7. The molecule has 0 fully saturated rings. The molecular formula is C10H11NO2. The Balaban J connectivity index is 3.17. The van der Waals surface area contributed by atoms with Gasteiger partial charge >= 0.3 is 0 Å². The molecule has 0 saturated carbocycles. The summed E-state index contributed by atoms with van der Waals surface area (Å²) >= 11 is 0. The zero-order chi connectivity index (χ0) is 9.68. The second kappa shape index (κ2) is 4.43. The highest BCUT2D eigenvalue weighted by Gasteiger charge is 2.01. The minimum Gasteiger partial charge on any atom is -0.494 e. The molecule has 3 nitrogen and oxygen atoms in total. The number of hydrogen-bond acceptors (Lipinski definition) is 3. The number of isocyanates is 1. The van der Waals surface area contributed by atoms with Crippen molar-refractivity contribution < 1.29 is 9.53 Å². The first kappa shape index (κ1) is 9.49. The summed E-state index contributed by atoms with van der Waals surface area (Å²) in [6.45, 7) is 2.04. The predicted octanol–water partition coefficient (Wildman–Crippen LogP) is 2.22. The van der Waals surface area contributed by atoms with Gasteiger partial charge < -0.3 is 4.74 Å². The Kier molecular flexibility index (Phi) is 3.23. The van der Waals surface area contributed by atoms with E-state index < -0.39 is 0 Å². The van der Waals surface area contributed by atoms with Crippen LogP contribution >= 0.6 is 0 Å². The van der Waals surface area contributed by atoms with Crippen molar-refractivity contribution in [1.82, 2.24) is 0 Å². The van der Waals surface area contributed by atoms with Crippen molar-refractivity contribution in [1.29, 1.82) is 0 Å². The summed E-state index contributed by atoms with van der Waals surface area (Å²) in [5.41, 5.74) is 1.66. The number of nitrogens with zero attached hydrogens (tertiary/aromatic N) is 1. The Bertz CT molecular complexity index is 341. The third-order valence-electron chi connectivity index (χ3n) is 1.82. The predicted molar refractivity (Wildman–Crippen MR) is 50.2 cm³/mol. The average molecular weight is 177 g/mol. The van der Waals surface area contributed by atoms with Crippen molar-refractivity contribution in [2.75, 3.05) is 7.11 Å². The number of hydrogen-bond donors (Lipinski definition) is 0. The van der Waals surface area contributed by atoms with Gasteiger partial charge in [0.15, 0.2) is 0 Å². The van der Waals surface area contributed by atoms with Crippen LogP contribution < -0.4 is 4.74 Å². The van der Waals surface area contributed by atoms with E-state index in [9.17, 15) is 4.79 Å². The van der Waals surface area contributed by atoms with E-state index in [1.165, 1.54) is 6.08 Å². The number of rotatable bonds is 3. The molecule has 0 N–H and O–H groups in total. The third-order valence-corrected chi connectivity index (χ3v) is 1.82. The lowest BCUT2D eigenvalue weighted by molar-refractivity contribution is 0.416. The van der Waals surface area contributed by atoms with Crippen molar-refractivity contribution in [3.63, 3.8) is 0 Å². The molecule has 0 atom stereocenters. The quantitative estimate of drug-likeness (QED) is 0.524. The SMILES string of the molecule is CCc1ccc(OC)c(N=C=O)c1. The molecule has 1 aromatic carbocycles. The Labute approximate surface area is 77.1 Å². The maximum atomic E-state index is 10.1. The van der Waals surface area contributed by atoms with Gasteiger partial charge in [-0.1, -0.05) is 13.0 Å². The number of benzene rings is 1. The normalized spacial score (nSPS) is 9.08. The molecule has 0 spiro atoms. The maximum absolute atomic E-state index is 10.1. The van der Waals surface area contributed by atoms with E-state index in [1.807, 2.05) is 19.1 Å². The first-order valence-corrected chi connectivity index (χ1v) is 4.06. The summed E-state index contributed by atoms with van der Waals surface area (Å²) in [6.07, 6.45) is 2.41. The lowest BCUT2D eigenvalue weighted by Crippen LogP contribution is -1.85. The van der Waals surface area contributed by atoms with Gasteiger partial charge in [-0.3, -0.25) is 0 Å². The van der Waals surface area contributed by atoms with E-state index in [0.29, 0.717) is 11.4 Å². The smallest absolute Gasteiger partial charge is 0.240 e. The Morgan fingerprint density at radius 3 is 2.85 bits per heavy atom. The first-order valence-electron chi connectivity index (χ1n) is 4.06. The molecule has 0 aliphatic carbocycles. The third kappa shape index (κ3) is 2.17. The van der Waals surface area contributed by atoms with Crippen LogP contribution in [-0.2, 0) is 11.2 Å². The standard InChI is InChI=1S/C10H11NO2/c1-3-8-4-5-10(13-2)9(6-8)11-7-12/h4-6H,3H2,1-2H3. The molecule has 0 unspecified atom stereocenters. The van der Waals surface area contributed by atoms with E-state index in [-0.39, 0.29) is 0 Å². The molecule has 0 heterocycles. The van der Waals surface area contributed by atoms with Crippen molar-refractivity contribution in [3.8, 4) is 5.75 Å². The molecule has 13 heavy (non-hydrogen) atoms. The van der Waals surface area contributed by atoms with Crippen LogP contribution in [0.25, 0.3) is 0 Å². The Morgan fingerprint density at radius 2 is 2.31 bits per heavy atom. The van der Waals surface area contributed by atoms with E-state index in [4.69, 9.17) is 4.74 Å². The van der Waals surface area contributed by atoms with Crippen LogP contribution in [0.5, 0.6) is 5.75 Å². The second-order valence-electron chi connectivity index (χ2n) is 2.56. The van der Waals surface area contributed by atoms with Gasteiger partial charge in [-0.15, -0.1) is 0 Å². The number of carbonyl (C=O) groups excluding carboxylic acids is 1. The van der Waals surface area contributed by atoms with Crippen LogP contribution in [0, 0.1) is 0 Å². The largest absolute Gasteiger partial charge is 0.494 e. The Morgan fingerprint density at radius 1 is 1.54 bits per heavy atom. The minimum atomic E-state index is 0.539. The molecular weight excluding hydrogens is 166 g/mol. The number of aryl methyl sites for hydroxylation is 1. The van der Waals surface area contributed by atoms with Crippen LogP contribution in [0.1, 0.15) is 12.5 Å². The van der Waals surface area contributed by atoms with Gasteiger partial charge in [-0.2, -0.15) is 4.99 Å². The van der Waals surface area contributed by atoms with E-state index in [2.05, 4.69) is 4.99 Å². The lowest BCUT2D eigenvalue weighted by atomic mass is 10.1. The topological polar surface area (TPSA) is 38.7 Å². The monoisotopic (exact) mass is 177 g/mol. The highest BCUT2D eigenvalue weighted by atomic mass is 16.5. The highest BCUT2D eigenvalue weighted by molar-refractivity contribution is 5.58. The van der Waals surface area contributed by atoms with Crippen molar-refractivity contribution in [2.24, 2.45) is 4.99 Å². The van der Waals surface area contributed by atoms with E-state index >= 15 is 0 Å². The molecule has 0 aromatic heterocycles. The summed E-state index contributed by atoms with van der Waals surface area (Å²) in [7, 11) is 1.55. The second-order valence-corrected chi connectivity index (χ2v) is 2.56. The van der Waals surface area contributed by atoms with Crippen molar-refractivity contribution in [2.45, 2.75) is 13.3 Å². The van der Waals surface area contributed by atoms with Gasteiger partial charge in [-0.05, 0) is 24.1 Å². The van der Waals surface area contributed by atoms with Gasteiger partial charge in [0.2, 0.25) is 6.08 Å². The minimum absolute atomic E-state index is 0.539. The summed E-state index contributed by atoms with van der Waals surface area (Å²) in [6, 6.07) is 5.57. The van der Waals surface area contributed by atoms with Gasteiger partial charge in [0.05, 0.1) is 7.11 Å². The molecule has 0 saturated heterocycles. The number of ether oxygens (including phenoxy) is 1. The van der Waals surface area contributed by atoms with E-state index in [0.717, 1.165) is 12.0 Å². The van der Waals surface area contributed by atoms with Crippen molar-refractivity contribution in [3.05, 3.63) is 23.8 Å². The summed E-state index contributed by atoms with van der Waals surface area (Å²) in [5.74, 6) is 0.598. The van der Waals surface area contributed by atoms with Crippen LogP contribution in [0.4, 0.5) is 5.69 Å². The van der Waals surface area contributed by atoms with E-state index in [1.54, 1.807) is 13.2 Å². The number of aliphatic imine (C=N–C) groups is 1. The van der Waals surface area contributed by atoms with Crippen LogP contribution in [0.3, 0.4) is 0 Å². The molecule has 0 radical (unpaired) electrons. The molecule has 1 rings (SSSR count). The van der Waals surface area contributed by atoms with Crippen LogP contribution in [0.2, 0.25) is 0 Å². The van der Waals surface area contributed by atoms with Gasteiger partial charge in [0.1, 0.15) is 11.4 Å². The molecule has 1 aromatic rings. The fraction of sp³-hybridized carbons (Fsp3) is 0.300. The van der Waals surface area contributed by atoms with Crippen LogP contribution in [0.15, 0.2) is 23.2 Å². The van der Waals surface area contributed by atoms with Gasteiger partial charge in [-0.25, -0.2) is 4.79 Å². The van der Waals surface area contributed by atoms with Gasteiger partial charge in [0, 0.05) is 0 Å². The fourth-order valence-corrected chi connectivity index (χ4v) is 1.09. The first-order chi connectivity index (χ1) is 6.31. The zero-order valence-electron chi connectivity index (χ0n) is 7.70. The molecule has 0 bridgehead atoms. The fourth-order valence-electron chi connectivity index (χ4n) is 1.09. The van der Waals surface area contributed by atoms with Gasteiger partial charge in [0.25, 0.3) is 0 Å². The molecule has 0 aliphatic heterocycles. The lowest BCUT2D eigenvalue weighted by Gasteiger charge is -2.04. The zero-order valence-corrected chi connectivity index (χ0v) is 7.70. The molecule has 3 heteroatoms. The molecule has 68 valence electrons. The summed E-state index contributed by atoms with van der Waals surface area (Å²) in [5, 5.41) is 0. The molecule has 0 aliphatic rings. The number of methoxy groups -OCH3 is 1. The Hall–Kier alpha value is -1.60.